The number of hydrogen-bond acceptors (Lipinski definition) is 4. The summed E-state index contributed by atoms with van der Waals surface area (Å²) < 4.78 is 13.6. The molecule has 0 radical (unpaired) electrons. The fraction of sp³-hybridized carbons (Fsp3) is 0.385. The lowest BCUT2D eigenvalue weighted by Crippen LogP contribution is -2.33. The van der Waals surface area contributed by atoms with Crippen molar-refractivity contribution in [2.45, 2.75) is 25.4 Å². The van der Waals surface area contributed by atoms with E-state index in [0.29, 0.717) is 13.2 Å². The van der Waals surface area contributed by atoms with E-state index in [0.717, 1.165) is 5.56 Å². The molecule has 1 aliphatic heterocycles. The minimum Gasteiger partial charge on any atom is -0.342 e. The van der Waals surface area contributed by atoms with E-state index in [1.807, 2.05) is 37.3 Å². The Labute approximate surface area is 105 Å². The minimum atomic E-state index is -0.756. The lowest BCUT2D eigenvalue weighted by Gasteiger charge is -2.28. The van der Waals surface area contributed by atoms with Crippen LogP contribution in [0, 0.1) is 0 Å². The van der Waals surface area contributed by atoms with Crippen molar-refractivity contribution in [3.05, 3.63) is 48.3 Å². The van der Waals surface area contributed by atoms with E-state index in [1.54, 1.807) is 17.1 Å². The molecule has 3 rings (SSSR count). The molecule has 2 heterocycles. The smallest absolute Gasteiger partial charge is 0.215 e. The highest BCUT2D eigenvalue weighted by atomic mass is 16.7. The summed E-state index contributed by atoms with van der Waals surface area (Å²) in [7, 11) is 0. The van der Waals surface area contributed by atoms with Gasteiger partial charge in [0.25, 0.3) is 0 Å². The molecule has 0 aliphatic carbocycles. The highest BCUT2D eigenvalue weighted by Gasteiger charge is 2.42. The molecule has 1 aliphatic rings. The molecule has 0 bridgehead atoms. The first-order valence-electron chi connectivity index (χ1n) is 6.00. The fourth-order valence-electron chi connectivity index (χ4n) is 2.19. The van der Waals surface area contributed by atoms with Gasteiger partial charge in [0.05, 0.1) is 18.9 Å². The van der Waals surface area contributed by atoms with Crippen molar-refractivity contribution < 1.29 is 9.47 Å². The first-order valence-corrected chi connectivity index (χ1v) is 6.00. The molecule has 94 valence electrons. The molecule has 18 heavy (non-hydrogen) atoms. The molecule has 5 nitrogen and oxygen atoms in total. The number of rotatable bonds is 3. The monoisotopic (exact) mass is 245 g/mol. The topological polar surface area (TPSA) is 49.2 Å². The second-order valence-corrected chi connectivity index (χ2v) is 4.46. The zero-order chi connectivity index (χ0) is 12.4. The number of aromatic nitrogens is 3. The summed E-state index contributed by atoms with van der Waals surface area (Å²) in [5, 5.41) is 7.79. The SMILES string of the molecule is CC1COC(Cn2ccnn2)(c2ccccc2)O1. The molecule has 0 spiro atoms. The number of hydrogen-bond donors (Lipinski definition) is 0. The van der Waals surface area contributed by atoms with Gasteiger partial charge in [0.15, 0.2) is 0 Å². The Kier molecular flexibility index (Phi) is 2.85. The van der Waals surface area contributed by atoms with E-state index >= 15 is 0 Å². The maximum atomic E-state index is 6.00. The molecule has 1 saturated heterocycles. The molecule has 2 atom stereocenters. The van der Waals surface area contributed by atoms with Crippen LogP contribution in [0.5, 0.6) is 0 Å². The van der Waals surface area contributed by atoms with Crippen LogP contribution in [0.1, 0.15) is 12.5 Å². The highest BCUT2D eigenvalue weighted by molar-refractivity contribution is 5.21. The first-order chi connectivity index (χ1) is 8.78. The summed E-state index contributed by atoms with van der Waals surface area (Å²) in [6.45, 7) is 3.09. The van der Waals surface area contributed by atoms with E-state index in [-0.39, 0.29) is 6.10 Å². The third kappa shape index (κ3) is 2.02. The van der Waals surface area contributed by atoms with Crippen LogP contribution < -0.4 is 0 Å². The predicted molar refractivity (Wildman–Crippen MR) is 64.6 cm³/mol. The largest absolute Gasteiger partial charge is 0.342 e. The van der Waals surface area contributed by atoms with Crippen LogP contribution in [-0.2, 0) is 21.8 Å². The predicted octanol–water partition coefficient (Wildman–Crippen LogP) is 1.57. The zero-order valence-electron chi connectivity index (χ0n) is 10.2. The van der Waals surface area contributed by atoms with Gasteiger partial charge in [0.1, 0.15) is 6.54 Å². The summed E-state index contributed by atoms with van der Waals surface area (Å²) in [5.41, 5.74) is 1.00. The Bertz CT molecular complexity index is 500. The summed E-state index contributed by atoms with van der Waals surface area (Å²) in [4.78, 5) is 0. The maximum absolute atomic E-state index is 6.00. The maximum Gasteiger partial charge on any atom is 0.215 e. The average Bonchev–Trinajstić information content (AvgIpc) is 3.02. The van der Waals surface area contributed by atoms with Crippen LogP contribution in [0.3, 0.4) is 0 Å². The molecule has 1 aromatic heterocycles. The van der Waals surface area contributed by atoms with Crippen LogP contribution in [0.4, 0.5) is 0 Å². The molecular formula is C13H15N3O2. The summed E-state index contributed by atoms with van der Waals surface area (Å²) >= 11 is 0. The van der Waals surface area contributed by atoms with Gasteiger partial charge in [-0.25, -0.2) is 4.68 Å². The first kappa shape index (κ1) is 11.4. The Balaban J connectivity index is 1.94. The van der Waals surface area contributed by atoms with E-state index < -0.39 is 5.79 Å². The van der Waals surface area contributed by atoms with E-state index in [1.165, 1.54) is 0 Å². The quantitative estimate of drug-likeness (QED) is 0.823. The van der Waals surface area contributed by atoms with Crippen LogP contribution in [0.2, 0.25) is 0 Å². The van der Waals surface area contributed by atoms with E-state index in [4.69, 9.17) is 9.47 Å². The number of ether oxygens (including phenoxy) is 2. The standard InChI is InChI=1S/C13H15N3O2/c1-11-9-17-13(18-11,10-16-8-7-14-15-16)12-5-3-2-4-6-12/h2-8,11H,9-10H2,1H3. The molecule has 0 N–H and O–H groups in total. The van der Waals surface area contributed by atoms with Crippen molar-refractivity contribution in [2.24, 2.45) is 0 Å². The second kappa shape index (κ2) is 4.51. The number of benzene rings is 1. The van der Waals surface area contributed by atoms with Gasteiger partial charge in [0, 0.05) is 11.8 Å². The van der Waals surface area contributed by atoms with Gasteiger partial charge in [-0.05, 0) is 6.92 Å². The van der Waals surface area contributed by atoms with Crippen molar-refractivity contribution in [2.75, 3.05) is 6.61 Å². The Morgan fingerprint density at radius 1 is 1.39 bits per heavy atom. The van der Waals surface area contributed by atoms with E-state index in [2.05, 4.69) is 10.3 Å². The van der Waals surface area contributed by atoms with Crippen LogP contribution >= 0.6 is 0 Å². The van der Waals surface area contributed by atoms with Gasteiger partial charge in [-0.2, -0.15) is 0 Å². The molecule has 1 aromatic carbocycles. The Morgan fingerprint density at radius 2 is 2.22 bits per heavy atom. The van der Waals surface area contributed by atoms with Gasteiger partial charge in [-0.3, -0.25) is 0 Å². The Morgan fingerprint density at radius 3 is 2.83 bits per heavy atom. The molecule has 0 amide bonds. The lowest BCUT2D eigenvalue weighted by atomic mass is 10.1. The highest BCUT2D eigenvalue weighted by Crippen LogP contribution is 2.35. The van der Waals surface area contributed by atoms with Crippen molar-refractivity contribution >= 4 is 0 Å². The Hall–Kier alpha value is -1.72. The molecule has 5 heteroatoms. The lowest BCUT2D eigenvalue weighted by molar-refractivity contribution is -0.187. The third-order valence-electron chi connectivity index (χ3n) is 3.00. The molecule has 2 aromatic rings. The van der Waals surface area contributed by atoms with Crippen molar-refractivity contribution in [1.82, 2.24) is 15.0 Å². The normalized spacial score (nSPS) is 27.5. The summed E-state index contributed by atoms with van der Waals surface area (Å²) in [5.74, 6) is -0.756. The van der Waals surface area contributed by atoms with Gasteiger partial charge < -0.3 is 9.47 Å². The van der Waals surface area contributed by atoms with Crippen LogP contribution in [0.25, 0.3) is 0 Å². The molecule has 0 saturated carbocycles. The minimum absolute atomic E-state index is 0.0775. The van der Waals surface area contributed by atoms with Gasteiger partial charge in [0.2, 0.25) is 5.79 Å². The molecule has 2 unspecified atom stereocenters. The van der Waals surface area contributed by atoms with Crippen molar-refractivity contribution in [1.29, 1.82) is 0 Å². The van der Waals surface area contributed by atoms with Gasteiger partial charge in [-0.15, -0.1) is 5.10 Å². The summed E-state index contributed by atoms with van der Waals surface area (Å²) in [6.07, 6.45) is 3.53. The van der Waals surface area contributed by atoms with Gasteiger partial charge >= 0.3 is 0 Å². The third-order valence-corrected chi connectivity index (χ3v) is 3.00. The van der Waals surface area contributed by atoms with Crippen molar-refractivity contribution in [3.63, 3.8) is 0 Å². The fourth-order valence-corrected chi connectivity index (χ4v) is 2.19. The zero-order valence-corrected chi connectivity index (χ0v) is 10.2. The summed E-state index contributed by atoms with van der Waals surface area (Å²) in [6, 6.07) is 9.96. The second-order valence-electron chi connectivity index (χ2n) is 4.46. The molecule has 1 fully saturated rings. The van der Waals surface area contributed by atoms with E-state index in [9.17, 15) is 0 Å². The molecular weight excluding hydrogens is 230 g/mol. The average molecular weight is 245 g/mol. The van der Waals surface area contributed by atoms with Crippen LogP contribution in [-0.4, -0.2) is 27.7 Å². The number of nitrogens with zero attached hydrogens (tertiary/aromatic N) is 3. The van der Waals surface area contributed by atoms with Crippen molar-refractivity contribution in [3.8, 4) is 0 Å². The van der Waals surface area contributed by atoms with Crippen LogP contribution in [0.15, 0.2) is 42.7 Å². The van der Waals surface area contributed by atoms with Gasteiger partial charge in [-0.1, -0.05) is 35.5 Å².